The molecule has 38 heavy (non-hydrogen) atoms. The van der Waals surface area contributed by atoms with Gasteiger partial charge in [0.05, 0.1) is 17.5 Å². The van der Waals surface area contributed by atoms with E-state index in [4.69, 9.17) is 23.2 Å². The van der Waals surface area contributed by atoms with Crippen molar-refractivity contribution < 1.29 is 26.4 Å². The van der Waals surface area contributed by atoms with Crippen LogP contribution in [0.4, 0.5) is 13.2 Å². The third-order valence-corrected chi connectivity index (χ3v) is 9.16. The van der Waals surface area contributed by atoms with Crippen molar-refractivity contribution in [3.8, 4) is 0 Å². The maximum atomic E-state index is 13.8. The SMILES string of the molecule is O=C(C[C@@H](NS(=O)(=O)c1cc(Cl)ccc1Cl)C(F)(F)F)N[C@@H]1CCCc2cc(CN3CCCCC3)ccc21. The van der Waals surface area contributed by atoms with Gasteiger partial charge in [-0.05, 0) is 80.1 Å². The maximum absolute atomic E-state index is 13.8. The Labute approximate surface area is 230 Å². The summed E-state index contributed by atoms with van der Waals surface area (Å²) >= 11 is 11.7. The summed E-state index contributed by atoms with van der Waals surface area (Å²) in [7, 11) is -4.71. The van der Waals surface area contributed by atoms with Gasteiger partial charge in [0.25, 0.3) is 0 Å². The van der Waals surface area contributed by atoms with E-state index in [1.165, 1.54) is 37.0 Å². The third kappa shape index (κ3) is 7.41. The minimum absolute atomic E-state index is 0.00822. The molecule has 1 aliphatic heterocycles. The van der Waals surface area contributed by atoms with Gasteiger partial charge < -0.3 is 5.32 Å². The van der Waals surface area contributed by atoms with E-state index in [1.807, 2.05) is 12.1 Å². The fourth-order valence-electron chi connectivity index (χ4n) is 5.09. The number of alkyl halides is 3. The summed E-state index contributed by atoms with van der Waals surface area (Å²) in [5.41, 5.74) is 3.16. The number of likely N-dealkylation sites (tertiary alicyclic amines) is 1. The fraction of sp³-hybridized carbons (Fsp3) is 0.500. The third-order valence-electron chi connectivity index (χ3n) is 6.98. The minimum Gasteiger partial charge on any atom is -0.349 e. The molecule has 1 aliphatic carbocycles. The Kier molecular flexibility index (Phi) is 9.30. The highest BCUT2D eigenvalue weighted by Gasteiger charge is 2.44. The number of rotatable bonds is 8. The molecule has 0 bridgehead atoms. The van der Waals surface area contributed by atoms with Crippen molar-refractivity contribution in [3.05, 3.63) is 63.1 Å². The van der Waals surface area contributed by atoms with E-state index < -0.39 is 45.5 Å². The number of piperidine rings is 1. The van der Waals surface area contributed by atoms with Gasteiger partial charge in [0, 0.05) is 11.6 Å². The smallest absolute Gasteiger partial charge is 0.349 e. The first-order valence-electron chi connectivity index (χ1n) is 12.6. The van der Waals surface area contributed by atoms with Gasteiger partial charge in [0.1, 0.15) is 10.9 Å². The van der Waals surface area contributed by atoms with Crippen molar-refractivity contribution in [2.24, 2.45) is 0 Å². The van der Waals surface area contributed by atoms with Gasteiger partial charge in [-0.15, -0.1) is 0 Å². The highest BCUT2D eigenvalue weighted by atomic mass is 35.5. The molecule has 0 spiro atoms. The summed E-state index contributed by atoms with van der Waals surface area (Å²) in [4.78, 5) is 14.6. The molecule has 0 unspecified atom stereocenters. The van der Waals surface area contributed by atoms with Gasteiger partial charge in [-0.1, -0.05) is 47.8 Å². The van der Waals surface area contributed by atoms with Crippen LogP contribution in [-0.2, 0) is 27.8 Å². The van der Waals surface area contributed by atoms with Gasteiger partial charge in [-0.25, -0.2) is 8.42 Å². The van der Waals surface area contributed by atoms with Crippen molar-refractivity contribution in [1.82, 2.24) is 14.9 Å². The molecule has 0 saturated carbocycles. The molecule has 1 saturated heterocycles. The molecule has 1 fully saturated rings. The zero-order valence-electron chi connectivity index (χ0n) is 20.7. The Hall–Kier alpha value is -1.85. The van der Waals surface area contributed by atoms with Crippen molar-refractivity contribution >= 4 is 39.1 Å². The van der Waals surface area contributed by atoms with Crippen LogP contribution >= 0.6 is 23.2 Å². The lowest BCUT2D eigenvalue weighted by atomic mass is 9.86. The lowest BCUT2D eigenvalue weighted by molar-refractivity contribution is -0.158. The normalized spacial score (nSPS) is 19.6. The summed E-state index contributed by atoms with van der Waals surface area (Å²) in [6, 6.07) is 6.45. The lowest BCUT2D eigenvalue weighted by Gasteiger charge is -2.30. The molecule has 2 aliphatic rings. The number of nitrogens with one attached hydrogen (secondary N) is 2. The van der Waals surface area contributed by atoms with Crippen LogP contribution in [0.3, 0.4) is 0 Å². The molecule has 1 amide bonds. The minimum atomic E-state index is -5.01. The van der Waals surface area contributed by atoms with E-state index in [1.54, 1.807) is 4.72 Å². The number of nitrogens with zero attached hydrogens (tertiary/aromatic N) is 1. The number of sulfonamides is 1. The maximum Gasteiger partial charge on any atom is 0.405 e. The van der Waals surface area contributed by atoms with E-state index >= 15 is 0 Å². The van der Waals surface area contributed by atoms with Crippen LogP contribution < -0.4 is 10.0 Å². The van der Waals surface area contributed by atoms with Crippen LogP contribution in [0.2, 0.25) is 10.0 Å². The molecule has 1 heterocycles. The Bertz CT molecular complexity index is 1270. The zero-order valence-corrected chi connectivity index (χ0v) is 23.0. The van der Waals surface area contributed by atoms with Crippen LogP contribution in [0.15, 0.2) is 41.3 Å². The first-order valence-corrected chi connectivity index (χ1v) is 14.8. The Morgan fingerprint density at radius 1 is 1.05 bits per heavy atom. The summed E-state index contributed by atoms with van der Waals surface area (Å²) in [5, 5.41) is 2.40. The van der Waals surface area contributed by atoms with E-state index in [2.05, 4.69) is 16.3 Å². The number of aryl methyl sites for hydroxylation is 1. The standard InChI is InChI=1S/C26H30Cl2F3N3O3S/c27-19-8-10-21(28)23(14-19)38(36,37)33-24(26(29,30)31)15-25(35)32-22-6-4-5-18-13-17(7-9-20(18)22)16-34-11-2-1-3-12-34/h7-10,13-14,22,24,33H,1-6,11-12,15-16H2,(H,32,35)/t22-,24-/m1/s1. The van der Waals surface area contributed by atoms with Crippen molar-refractivity contribution in [2.75, 3.05) is 13.1 Å². The highest BCUT2D eigenvalue weighted by Crippen LogP contribution is 2.32. The first-order chi connectivity index (χ1) is 17.9. The predicted octanol–water partition coefficient (Wildman–Crippen LogP) is 5.77. The second-order valence-electron chi connectivity index (χ2n) is 9.88. The lowest BCUT2D eigenvalue weighted by Crippen LogP contribution is -2.48. The number of hydrogen-bond acceptors (Lipinski definition) is 4. The van der Waals surface area contributed by atoms with E-state index in [-0.39, 0.29) is 10.0 Å². The van der Waals surface area contributed by atoms with Gasteiger partial charge in [0.15, 0.2) is 0 Å². The van der Waals surface area contributed by atoms with E-state index in [9.17, 15) is 26.4 Å². The average Bonchev–Trinajstić information content (AvgIpc) is 2.85. The fourth-order valence-corrected chi connectivity index (χ4v) is 7.07. The van der Waals surface area contributed by atoms with Gasteiger partial charge >= 0.3 is 6.18 Å². The van der Waals surface area contributed by atoms with E-state index in [0.29, 0.717) is 6.42 Å². The van der Waals surface area contributed by atoms with Crippen molar-refractivity contribution in [3.63, 3.8) is 0 Å². The van der Waals surface area contributed by atoms with Gasteiger partial charge in [-0.3, -0.25) is 9.69 Å². The number of benzene rings is 2. The molecule has 4 rings (SSSR count). The van der Waals surface area contributed by atoms with Crippen LogP contribution in [0.5, 0.6) is 0 Å². The molecule has 0 radical (unpaired) electrons. The zero-order chi connectivity index (χ0) is 27.5. The molecule has 6 nitrogen and oxygen atoms in total. The summed E-state index contributed by atoms with van der Waals surface area (Å²) in [6.07, 6.45) is -0.268. The van der Waals surface area contributed by atoms with Gasteiger partial charge in [-0.2, -0.15) is 17.9 Å². The number of amides is 1. The van der Waals surface area contributed by atoms with Gasteiger partial charge in [0.2, 0.25) is 15.9 Å². The quantitative estimate of drug-likeness (QED) is 0.408. The molecule has 2 atom stereocenters. The highest BCUT2D eigenvalue weighted by molar-refractivity contribution is 7.89. The molecule has 2 aromatic rings. The molecule has 12 heteroatoms. The molecule has 2 N–H and O–H groups in total. The average molecular weight is 593 g/mol. The van der Waals surface area contributed by atoms with Crippen LogP contribution in [0.1, 0.15) is 61.3 Å². The monoisotopic (exact) mass is 591 g/mol. The number of carbonyl (C=O) groups excluding carboxylic acids is 1. The second-order valence-corrected chi connectivity index (χ2v) is 12.4. The van der Waals surface area contributed by atoms with Crippen molar-refractivity contribution in [2.45, 2.75) is 74.6 Å². The Morgan fingerprint density at radius 2 is 1.79 bits per heavy atom. The van der Waals surface area contributed by atoms with E-state index in [0.717, 1.165) is 49.7 Å². The van der Waals surface area contributed by atoms with Crippen LogP contribution in [0, 0.1) is 0 Å². The molecular weight excluding hydrogens is 562 g/mol. The predicted molar refractivity (Wildman–Crippen MR) is 141 cm³/mol. The number of fused-ring (bicyclic) bond motifs is 1. The summed E-state index contributed by atoms with van der Waals surface area (Å²) in [5.74, 6) is -0.901. The van der Waals surface area contributed by atoms with Crippen LogP contribution in [0.25, 0.3) is 0 Å². The first kappa shape index (κ1) is 29.1. The molecule has 208 valence electrons. The molecule has 2 aromatic carbocycles. The topological polar surface area (TPSA) is 78.5 Å². The van der Waals surface area contributed by atoms with Crippen LogP contribution in [-0.4, -0.2) is 44.5 Å². The second kappa shape index (κ2) is 12.1. The summed E-state index contributed by atoms with van der Waals surface area (Å²) in [6.45, 7) is 3.00. The number of halogens is 5. The number of hydrogen-bond donors (Lipinski definition) is 2. The van der Waals surface area contributed by atoms with Crippen molar-refractivity contribution in [1.29, 1.82) is 0 Å². The molecule has 0 aromatic heterocycles. The Balaban J connectivity index is 1.44. The summed E-state index contributed by atoms with van der Waals surface area (Å²) < 4.78 is 68.3. The Morgan fingerprint density at radius 3 is 2.50 bits per heavy atom. The number of carbonyl (C=O) groups is 1. The largest absolute Gasteiger partial charge is 0.405 e. The molecular formula is C26H30Cl2F3N3O3S.